The maximum absolute atomic E-state index is 5.47. The predicted molar refractivity (Wildman–Crippen MR) is 76.3 cm³/mol. The minimum atomic E-state index is 0.681. The van der Waals surface area contributed by atoms with Gasteiger partial charge in [-0.2, -0.15) is 0 Å². The van der Waals surface area contributed by atoms with Gasteiger partial charge in [0.25, 0.3) is 0 Å². The number of rotatable bonds is 7. The number of aromatic amines is 1. The van der Waals surface area contributed by atoms with Crippen molar-refractivity contribution in [2.45, 2.75) is 24.9 Å². The van der Waals surface area contributed by atoms with Gasteiger partial charge in [-0.15, -0.1) is 0 Å². The topological polar surface area (TPSA) is 63.9 Å². The van der Waals surface area contributed by atoms with Crippen LogP contribution in [0.2, 0.25) is 0 Å². The van der Waals surface area contributed by atoms with Gasteiger partial charge in [0, 0.05) is 11.8 Å². The van der Waals surface area contributed by atoms with E-state index in [1.807, 2.05) is 25.1 Å². The Morgan fingerprint density at radius 1 is 1.39 bits per heavy atom. The largest absolute Gasteiger partial charge is 0.494 e. The highest BCUT2D eigenvalue weighted by molar-refractivity contribution is 7.99. The van der Waals surface area contributed by atoms with Crippen LogP contribution in [-0.2, 0) is 0 Å². The second-order valence-corrected chi connectivity index (χ2v) is 5.08. The monoisotopic (exact) mass is 265 g/mol. The molecule has 3 N–H and O–H groups in total. The van der Waals surface area contributed by atoms with Gasteiger partial charge in [-0.05, 0) is 38.4 Å². The van der Waals surface area contributed by atoms with Gasteiger partial charge in [0.05, 0.1) is 17.6 Å². The lowest BCUT2D eigenvalue weighted by Gasteiger charge is -2.00. The predicted octanol–water partition coefficient (Wildman–Crippen LogP) is 2.79. The molecule has 0 unspecified atom stereocenters. The van der Waals surface area contributed by atoms with E-state index in [4.69, 9.17) is 10.5 Å². The summed E-state index contributed by atoms with van der Waals surface area (Å²) in [6.07, 6.45) is 2.20. The third kappa shape index (κ3) is 3.40. The first-order valence-corrected chi connectivity index (χ1v) is 7.27. The molecule has 0 atom stereocenters. The van der Waals surface area contributed by atoms with Crippen LogP contribution in [-0.4, -0.2) is 28.9 Å². The molecule has 0 saturated heterocycles. The molecule has 0 aliphatic rings. The average molecular weight is 265 g/mol. The van der Waals surface area contributed by atoms with Crippen LogP contribution in [0.15, 0.2) is 23.4 Å². The minimum Gasteiger partial charge on any atom is -0.494 e. The average Bonchev–Trinajstić information content (AvgIpc) is 2.77. The van der Waals surface area contributed by atoms with E-state index in [-0.39, 0.29) is 0 Å². The Labute approximate surface area is 111 Å². The third-order valence-corrected chi connectivity index (χ3v) is 3.54. The van der Waals surface area contributed by atoms with E-state index in [1.54, 1.807) is 11.8 Å². The third-order valence-electron chi connectivity index (χ3n) is 2.58. The molecule has 0 fully saturated rings. The minimum absolute atomic E-state index is 0.681. The molecule has 4 nitrogen and oxygen atoms in total. The molecule has 0 amide bonds. The standard InChI is InChI=1S/C13H19N3OS/c1-2-17-10-5-6-11-12(9-10)16-13(15-11)18-8-4-3-7-14/h5-6,9H,2-4,7-8,14H2,1H3,(H,15,16). The van der Waals surface area contributed by atoms with Crippen molar-refractivity contribution in [2.24, 2.45) is 5.73 Å². The van der Waals surface area contributed by atoms with Gasteiger partial charge in [-0.1, -0.05) is 11.8 Å². The van der Waals surface area contributed by atoms with Crippen LogP contribution < -0.4 is 10.5 Å². The molecule has 1 aromatic carbocycles. The molecule has 0 bridgehead atoms. The summed E-state index contributed by atoms with van der Waals surface area (Å²) in [5, 5.41) is 0.968. The van der Waals surface area contributed by atoms with E-state index in [2.05, 4.69) is 9.97 Å². The summed E-state index contributed by atoms with van der Waals surface area (Å²) >= 11 is 1.74. The first kappa shape index (κ1) is 13.2. The number of H-pyrrole nitrogens is 1. The fourth-order valence-electron chi connectivity index (χ4n) is 1.71. The van der Waals surface area contributed by atoms with Crippen molar-refractivity contribution >= 4 is 22.8 Å². The van der Waals surface area contributed by atoms with E-state index in [1.165, 1.54) is 0 Å². The normalized spacial score (nSPS) is 11.0. The zero-order valence-corrected chi connectivity index (χ0v) is 11.4. The van der Waals surface area contributed by atoms with Crippen LogP contribution in [0.25, 0.3) is 11.0 Å². The highest BCUT2D eigenvalue weighted by atomic mass is 32.2. The number of imidazole rings is 1. The van der Waals surface area contributed by atoms with Crippen molar-refractivity contribution in [3.8, 4) is 5.75 Å². The first-order chi connectivity index (χ1) is 8.83. The van der Waals surface area contributed by atoms with Crippen LogP contribution in [0, 0.1) is 0 Å². The molecular weight excluding hydrogens is 246 g/mol. The molecule has 2 aromatic rings. The van der Waals surface area contributed by atoms with E-state index in [9.17, 15) is 0 Å². The molecule has 2 rings (SSSR count). The number of aromatic nitrogens is 2. The smallest absolute Gasteiger partial charge is 0.166 e. The van der Waals surface area contributed by atoms with Crippen LogP contribution >= 0.6 is 11.8 Å². The lowest BCUT2D eigenvalue weighted by atomic mass is 10.3. The summed E-state index contributed by atoms with van der Waals surface area (Å²) in [5.41, 5.74) is 7.48. The molecule has 5 heteroatoms. The van der Waals surface area contributed by atoms with Gasteiger partial charge in [-0.25, -0.2) is 4.98 Å². The Morgan fingerprint density at radius 3 is 3.06 bits per heavy atom. The molecule has 1 heterocycles. The molecule has 0 radical (unpaired) electrons. The Kier molecular flexibility index (Phi) is 4.90. The number of nitrogens with zero attached hydrogens (tertiary/aromatic N) is 1. The summed E-state index contributed by atoms with van der Waals surface area (Å²) < 4.78 is 5.47. The second kappa shape index (κ2) is 6.66. The number of hydrogen-bond acceptors (Lipinski definition) is 4. The zero-order valence-electron chi connectivity index (χ0n) is 10.6. The van der Waals surface area contributed by atoms with E-state index in [0.29, 0.717) is 6.61 Å². The van der Waals surface area contributed by atoms with Gasteiger partial charge in [0.15, 0.2) is 5.16 Å². The van der Waals surface area contributed by atoms with Crippen LogP contribution in [0.4, 0.5) is 0 Å². The van der Waals surface area contributed by atoms with Crippen molar-refractivity contribution in [2.75, 3.05) is 18.9 Å². The highest BCUT2D eigenvalue weighted by Gasteiger charge is 2.04. The fraction of sp³-hybridized carbons (Fsp3) is 0.462. The number of nitrogens with two attached hydrogens (primary N) is 1. The molecule has 0 aliphatic carbocycles. The lowest BCUT2D eigenvalue weighted by Crippen LogP contribution is -1.98. The van der Waals surface area contributed by atoms with Crippen molar-refractivity contribution in [1.29, 1.82) is 0 Å². The van der Waals surface area contributed by atoms with Gasteiger partial charge < -0.3 is 15.5 Å². The number of fused-ring (bicyclic) bond motifs is 1. The summed E-state index contributed by atoms with van der Waals surface area (Å²) in [5.74, 6) is 1.93. The van der Waals surface area contributed by atoms with Gasteiger partial charge >= 0.3 is 0 Å². The van der Waals surface area contributed by atoms with E-state index in [0.717, 1.165) is 47.1 Å². The number of thioether (sulfide) groups is 1. The Bertz CT molecular complexity index is 498. The van der Waals surface area contributed by atoms with E-state index < -0.39 is 0 Å². The number of benzene rings is 1. The Hall–Kier alpha value is -1.20. The highest BCUT2D eigenvalue weighted by Crippen LogP contribution is 2.23. The Balaban J connectivity index is 2.02. The lowest BCUT2D eigenvalue weighted by molar-refractivity contribution is 0.340. The molecule has 1 aromatic heterocycles. The quantitative estimate of drug-likeness (QED) is 0.597. The number of nitrogens with one attached hydrogen (secondary N) is 1. The van der Waals surface area contributed by atoms with E-state index >= 15 is 0 Å². The number of unbranched alkanes of at least 4 members (excludes halogenated alkanes) is 1. The van der Waals surface area contributed by atoms with Gasteiger partial charge in [0.2, 0.25) is 0 Å². The number of hydrogen-bond donors (Lipinski definition) is 2. The van der Waals surface area contributed by atoms with Gasteiger partial charge in [0.1, 0.15) is 5.75 Å². The molecule has 0 aliphatic heterocycles. The van der Waals surface area contributed by atoms with Crippen molar-refractivity contribution in [3.05, 3.63) is 18.2 Å². The summed E-state index contributed by atoms with van der Waals surface area (Å²) in [6, 6.07) is 5.94. The molecule has 98 valence electrons. The fourth-order valence-corrected chi connectivity index (χ4v) is 2.59. The Morgan fingerprint density at radius 2 is 2.28 bits per heavy atom. The summed E-state index contributed by atoms with van der Waals surface area (Å²) in [7, 11) is 0. The molecular formula is C13H19N3OS. The van der Waals surface area contributed by atoms with Crippen LogP contribution in [0.5, 0.6) is 5.75 Å². The summed E-state index contributed by atoms with van der Waals surface area (Å²) in [6.45, 7) is 3.43. The van der Waals surface area contributed by atoms with Crippen LogP contribution in [0.1, 0.15) is 19.8 Å². The molecule has 18 heavy (non-hydrogen) atoms. The van der Waals surface area contributed by atoms with Crippen molar-refractivity contribution in [1.82, 2.24) is 9.97 Å². The maximum Gasteiger partial charge on any atom is 0.166 e. The first-order valence-electron chi connectivity index (χ1n) is 6.29. The zero-order chi connectivity index (χ0) is 12.8. The van der Waals surface area contributed by atoms with Crippen molar-refractivity contribution < 1.29 is 4.74 Å². The van der Waals surface area contributed by atoms with Crippen LogP contribution in [0.3, 0.4) is 0 Å². The molecule has 0 spiro atoms. The van der Waals surface area contributed by atoms with Gasteiger partial charge in [-0.3, -0.25) is 0 Å². The second-order valence-electron chi connectivity index (χ2n) is 4.00. The SMILES string of the molecule is CCOc1ccc2nc(SCCCCN)[nH]c2c1. The summed E-state index contributed by atoms with van der Waals surface area (Å²) in [4.78, 5) is 7.84. The molecule has 0 saturated carbocycles. The number of ether oxygens (including phenoxy) is 1. The van der Waals surface area contributed by atoms with Crippen molar-refractivity contribution in [3.63, 3.8) is 0 Å². The maximum atomic E-state index is 5.47.